The summed E-state index contributed by atoms with van der Waals surface area (Å²) in [4.78, 5) is 4.96. The van der Waals surface area contributed by atoms with E-state index in [1.807, 2.05) is 18.2 Å². The molecule has 0 atom stereocenters. The fraction of sp³-hybridized carbons (Fsp3) is 0.231. The average Bonchev–Trinajstić information content (AvgIpc) is 2.77. The average molecular weight is 387 g/mol. The Labute approximate surface area is 172 Å². The minimum absolute atomic E-state index is 0.182. The van der Waals surface area contributed by atoms with Crippen LogP contribution in [-0.2, 0) is 6.42 Å². The summed E-state index contributed by atoms with van der Waals surface area (Å²) in [6.45, 7) is 5.26. The quantitative estimate of drug-likeness (QED) is 0.571. The van der Waals surface area contributed by atoms with E-state index in [0.717, 1.165) is 44.7 Å². The summed E-state index contributed by atoms with van der Waals surface area (Å²) in [5.74, 6) is -0.182. The lowest BCUT2D eigenvalue weighted by Gasteiger charge is -2.35. The molecule has 0 aliphatic carbocycles. The van der Waals surface area contributed by atoms with Crippen LogP contribution in [0.5, 0.6) is 0 Å². The Hall–Kier alpha value is -2.91. The molecule has 0 radical (unpaired) electrons. The Morgan fingerprint density at radius 1 is 0.724 bits per heavy atom. The van der Waals surface area contributed by atoms with Crippen LogP contribution in [0.25, 0.3) is 6.08 Å². The number of halogens is 1. The van der Waals surface area contributed by atoms with E-state index in [1.165, 1.54) is 28.9 Å². The predicted octanol–water partition coefficient (Wildman–Crippen LogP) is 5.25. The lowest BCUT2D eigenvalue weighted by atomic mass is 10.0. The van der Waals surface area contributed by atoms with Gasteiger partial charge in [0.2, 0.25) is 0 Å². The first kappa shape index (κ1) is 19.4. The van der Waals surface area contributed by atoms with E-state index < -0.39 is 0 Å². The maximum atomic E-state index is 13.0. The highest BCUT2D eigenvalue weighted by atomic mass is 19.1. The molecule has 1 aliphatic heterocycles. The molecule has 0 aromatic heterocycles. The van der Waals surface area contributed by atoms with Gasteiger partial charge in [-0.15, -0.1) is 0 Å². The normalized spacial score (nSPS) is 15.1. The van der Waals surface area contributed by atoms with Crippen molar-refractivity contribution in [1.82, 2.24) is 4.90 Å². The summed E-state index contributed by atoms with van der Waals surface area (Å²) in [6.07, 6.45) is 5.30. The standard InChI is InChI=1S/C26H27FN2/c27-25-12-8-23(9-13-25)21-24-10-14-26(15-11-24)29-19-17-28(18-20-29)16-4-7-22-5-2-1-3-6-22/h1-15H,16-21H2/b7-4+. The number of piperazine rings is 1. The van der Waals surface area contributed by atoms with Crippen LogP contribution >= 0.6 is 0 Å². The highest BCUT2D eigenvalue weighted by molar-refractivity contribution is 5.50. The van der Waals surface area contributed by atoms with Crippen molar-refractivity contribution in [3.05, 3.63) is 107 Å². The minimum Gasteiger partial charge on any atom is -0.369 e. The maximum absolute atomic E-state index is 13.0. The molecular weight excluding hydrogens is 359 g/mol. The molecule has 0 unspecified atom stereocenters. The van der Waals surface area contributed by atoms with E-state index in [2.05, 4.69) is 70.5 Å². The van der Waals surface area contributed by atoms with Gasteiger partial charge in [-0.05, 0) is 47.4 Å². The van der Waals surface area contributed by atoms with Crippen LogP contribution in [0, 0.1) is 5.82 Å². The Bertz CT molecular complexity index is 909. The first-order valence-electron chi connectivity index (χ1n) is 10.3. The molecular formula is C26H27FN2. The zero-order chi connectivity index (χ0) is 19.9. The third-order valence-electron chi connectivity index (χ3n) is 5.47. The van der Waals surface area contributed by atoms with Crippen LogP contribution in [-0.4, -0.2) is 37.6 Å². The SMILES string of the molecule is Fc1ccc(Cc2ccc(N3CCN(C/C=C/c4ccccc4)CC3)cc2)cc1. The number of hydrogen-bond donors (Lipinski definition) is 0. The molecule has 3 heteroatoms. The summed E-state index contributed by atoms with van der Waals surface area (Å²) in [5, 5.41) is 0. The Balaban J connectivity index is 1.26. The largest absolute Gasteiger partial charge is 0.369 e. The van der Waals surface area contributed by atoms with E-state index in [0.29, 0.717) is 0 Å². The van der Waals surface area contributed by atoms with Gasteiger partial charge in [0, 0.05) is 38.4 Å². The molecule has 148 valence electrons. The van der Waals surface area contributed by atoms with Gasteiger partial charge in [0.25, 0.3) is 0 Å². The zero-order valence-corrected chi connectivity index (χ0v) is 16.7. The highest BCUT2D eigenvalue weighted by Gasteiger charge is 2.16. The van der Waals surface area contributed by atoms with Crippen LogP contribution in [0.1, 0.15) is 16.7 Å². The Kier molecular flexibility index (Phi) is 6.38. The predicted molar refractivity (Wildman–Crippen MR) is 120 cm³/mol. The van der Waals surface area contributed by atoms with Crippen molar-refractivity contribution in [2.45, 2.75) is 6.42 Å². The topological polar surface area (TPSA) is 6.48 Å². The van der Waals surface area contributed by atoms with Crippen LogP contribution in [0.2, 0.25) is 0 Å². The van der Waals surface area contributed by atoms with Gasteiger partial charge >= 0.3 is 0 Å². The molecule has 3 aromatic rings. The number of nitrogens with zero attached hydrogens (tertiary/aromatic N) is 2. The fourth-order valence-electron chi connectivity index (χ4n) is 3.75. The molecule has 1 fully saturated rings. The van der Waals surface area contributed by atoms with Crippen molar-refractivity contribution in [1.29, 1.82) is 0 Å². The molecule has 0 N–H and O–H groups in total. The molecule has 29 heavy (non-hydrogen) atoms. The Morgan fingerprint density at radius 2 is 1.34 bits per heavy atom. The molecule has 0 bridgehead atoms. The van der Waals surface area contributed by atoms with E-state index in [9.17, 15) is 4.39 Å². The van der Waals surface area contributed by atoms with Gasteiger partial charge in [0.15, 0.2) is 0 Å². The van der Waals surface area contributed by atoms with E-state index in [4.69, 9.17) is 0 Å². The number of hydrogen-bond acceptors (Lipinski definition) is 2. The van der Waals surface area contributed by atoms with E-state index in [1.54, 1.807) is 0 Å². The van der Waals surface area contributed by atoms with Gasteiger partial charge in [-0.3, -0.25) is 4.90 Å². The summed E-state index contributed by atoms with van der Waals surface area (Å²) in [7, 11) is 0. The van der Waals surface area contributed by atoms with Gasteiger partial charge in [-0.2, -0.15) is 0 Å². The fourth-order valence-corrected chi connectivity index (χ4v) is 3.75. The van der Waals surface area contributed by atoms with Crippen molar-refractivity contribution in [3.8, 4) is 0 Å². The lowest BCUT2D eigenvalue weighted by molar-refractivity contribution is 0.284. The first-order valence-corrected chi connectivity index (χ1v) is 10.3. The third-order valence-corrected chi connectivity index (χ3v) is 5.47. The molecule has 1 aliphatic rings. The summed E-state index contributed by atoms with van der Waals surface area (Å²) in [6, 6.07) is 26.0. The van der Waals surface area contributed by atoms with Crippen LogP contribution < -0.4 is 4.90 Å². The number of anilines is 1. The van der Waals surface area contributed by atoms with Gasteiger partial charge in [0.1, 0.15) is 5.82 Å². The summed E-state index contributed by atoms with van der Waals surface area (Å²) in [5.41, 5.74) is 4.93. The lowest BCUT2D eigenvalue weighted by Crippen LogP contribution is -2.46. The van der Waals surface area contributed by atoms with Crippen molar-refractivity contribution >= 4 is 11.8 Å². The van der Waals surface area contributed by atoms with Crippen molar-refractivity contribution < 1.29 is 4.39 Å². The second kappa shape index (κ2) is 9.53. The monoisotopic (exact) mass is 386 g/mol. The van der Waals surface area contributed by atoms with E-state index >= 15 is 0 Å². The second-order valence-corrected chi connectivity index (χ2v) is 7.57. The second-order valence-electron chi connectivity index (χ2n) is 7.57. The molecule has 0 spiro atoms. The molecule has 3 aromatic carbocycles. The van der Waals surface area contributed by atoms with Gasteiger partial charge in [-0.1, -0.05) is 66.7 Å². The Morgan fingerprint density at radius 3 is 2.00 bits per heavy atom. The summed E-state index contributed by atoms with van der Waals surface area (Å²) < 4.78 is 13.0. The zero-order valence-electron chi connectivity index (χ0n) is 16.7. The smallest absolute Gasteiger partial charge is 0.123 e. The van der Waals surface area contributed by atoms with Crippen molar-refractivity contribution in [2.24, 2.45) is 0 Å². The molecule has 4 rings (SSSR count). The van der Waals surface area contributed by atoms with Gasteiger partial charge < -0.3 is 4.90 Å². The molecule has 1 heterocycles. The maximum Gasteiger partial charge on any atom is 0.123 e. The molecule has 0 saturated carbocycles. The van der Waals surface area contributed by atoms with Gasteiger partial charge in [-0.25, -0.2) is 4.39 Å². The number of benzene rings is 3. The van der Waals surface area contributed by atoms with Gasteiger partial charge in [0.05, 0.1) is 0 Å². The third kappa shape index (κ3) is 5.55. The van der Waals surface area contributed by atoms with Crippen LogP contribution in [0.4, 0.5) is 10.1 Å². The van der Waals surface area contributed by atoms with Crippen LogP contribution in [0.3, 0.4) is 0 Å². The van der Waals surface area contributed by atoms with E-state index in [-0.39, 0.29) is 5.82 Å². The van der Waals surface area contributed by atoms with Crippen molar-refractivity contribution in [2.75, 3.05) is 37.6 Å². The van der Waals surface area contributed by atoms with Crippen LogP contribution in [0.15, 0.2) is 84.9 Å². The summed E-state index contributed by atoms with van der Waals surface area (Å²) >= 11 is 0. The first-order chi connectivity index (χ1) is 14.3. The molecule has 1 saturated heterocycles. The number of rotatable bonds is 6. The molecule has 0 amide bonds. The molecule has 2 nitrogen and oxygen atoms in total. The van der Waals surface area contributed by atoms with Crippen molar-refractivity contribution in [3.63, 3.8) is 0 Å². The highest BCUT2D eigenvalue weighted by Crippen LogP contribution is 2.19. The minimum atomic E-state index is -0.182.